The van der Waals surface area contributed by atoms with E-state index in [1.54, 1.807) is 0 Å². The predicted molar refractivity (Wildman–Crippen MR) is 62.4 cm³/mol. The molecule has 1 aromatic carbocycles. The number of carbonyl (C=O) groups is 3. The molecular formula is C11H7N3O5. The van der Waals surface area contributed by atoms with Crippen LogP contribution >= 0.6 is 0 Å². The number of Topliss-reactive ketones (excluding diaryl/α,β-unsaturated/α-hetero) is 1. The highest BCUT2D eigenvalue weighted by Gasteiger charge is 2.38. The molecule has 0 spiro atoms. The molecule has 0 unspecified atom stereocenters. The Morgan fingerprint density at radius 1 is 1.42 bits per heavy atom. The van der Waals surface area contributed by atoms with Gasteiger partial charge in [0.1, 0.15) is 5.69 Å². The number of methoxy groups -OCH3 is 1. The molecule has 0 atom stereocenters. The van der Waals surface area contributed by atoms with Crippen molar-refractivity contribution in [3.63, 3.8) is 0 Å². The zero-order valence-electron chi connectivity index (χ0n) is 9.67. The fourth-order valence-corrected chi connectivity index (χ4v) is 1.67. The highest BCUT2D eigenvalue weighted by Crippen LogP contribution is 2.36. The first kappa shape index (κ1) is 12.5. The number of rotatable bonds is 2. The highest BCUT2D eigenvalue weighted by atomic mass is 16.5. The number of ketones is 1. The molecule has 2 rings (SSSR count). The molecule has 1 N–H and O–H groups in total. The molecule has 8 heteroatoms. The molecule has 19 heavy (non-hydrogen) atoms. The Balaban J connectivity index is 2.57. The maximum Gasteiger partial charge on any atom is 0.411 e. The van der Waals surface area contributed by atoms with Gasteiger partial charge in [0, 0.05) is 0 Å². The topological polar surface area (TPSA) is 105 Å². The van der Waals surface area contributed by atoms with Gasteiger partial charge in [0.05, 0.1) is 18.4 Å². The maximum absolute atomic E-state index is 11.7. The first-order chi connectivity index (χ1) is 9.10. The summed E-state index contributed by atoms with van der Waals surface area (Å²) >= 11 is 0. The van der Waals surface area contributed by atoms with Crippen LogP contribution in [0.2, 0.25) is 0 Å². The number of isocyanates is 1. The Morgan fingerprint density at radius 2 is 2.16 bits per heavy atom. The van der Waals surface area contributed by atoms with Crippen molar-refractivity contribution in [2.75, 3.05) is 17.4 Å². The number of fused-ring (bicyclic) bond motifs is 1. The molecule has 1 aromatic rings. The summed E-state index contributed by atoms with van der Waals surface area (Å²) in [5, 5.41) is 6.07. The summed E-state index contributed by atoms with van der Waals surface area (Å²) in [6.45, 7) is 0. The number of carbonyl (C=O) groups excluding carboxylic acids is 4. The third-order valence-electron chi connectivity index (χ3n) is 2.44. The number of ether oxygens (including phenoxy) is 1. The van der Waals surface area contributed by atoms with Gasteiger partial charge in [0.25, 0.3) is 11.9 Å². The monoisotopic (exact) mass is 261 g/mol. The van der Waals surface area contributed by atoms with E-state index in [2.05, 4.69) is 15.2 Å². The Morgan fingerprint density at radius 3 is 2.79 bits per heavy atom. The average Bonchev–Trinajstić information content (AvgIpc) is 2.65. The van der Waals surface area contributed by atoms with Crippen LogP contribution in [0.3, 0.4) is 0 Å². The Kier molecular flexibility index (Phi) is 3.09. The van der Waals surface area contributed by atoms with Gasteiger partial charge in [-0.05, 0) is 12.1 Å². The van der Waals surface area contributed by atoms with Gasteiger partial charge in [-0.2, -0.15) is 5.01 Å². The van der Waals surface area contributed by atoms with Gasteiger partial charge < -0.3 is 4.74 Å². The Bertz CT molecular complexity index is 633. The van der Waals surface area contributed by atoms with Crippen LogP contribution in [0.25, 0.3) is 0 Å². The van der Waals surface area contributed by atoms with Gasteiger partial charge in [-0.25, -0.2) is 9.59 Å². The largest absolute Gasteiger partial charge is 0.453 e. The zero-order chi connectivity index (χ0) is 14.0. The van der Waals surface area contributed by atoms with Crippen molar-refractivity contribution in [3.8, 4) is 0 Å². The second-order valence-electron chi connectivity index (χ2n) is 3.46. The quantitative estimate of drug-likeness (QED) is 0.478. The molecule has 0 bridgehead atoms. The van der Waals surface area contributed by atoms with Crippen molar-refractivity contribution in [1.82, 2.24) is 0 Å². The Hall–Kier alpha value is -2.99. The van der Waals surface area contributed by atoms with Crippen LogP contribution in [0.5, 0.6) is 0 Å². The van der Waals surface area contributed by atoms with E-state index in [1.165, 1.54) is 24.3 Å². The molecule has 0 aliphatic carbocycles. The van der Waals surface area contributed by atoms with Crippen LogP contribution < -0.4 is 10.3 Å². The van der Waals surface area contributed by atoms with E-state index in [0.717, 1.165) is 7.11 Å². The summed E-state index contributed by atoms with van der Waals surface area (Å²) in [7, 11) is 1.16. The fourth-order valence-electron chi connectivity index (χ4n) is 1.67. The number of hydrazone groups is 1. The minimum Gasteiger partial charge on any atom is -0.453 e. The van der Waals surface area contributed by atoms with E-state index in [9.17, 15) is 19.2 Å². The molecule has 1 aliphatic heterocycles. The third-order valence-corrected chi connectivity index (χ3v) is 2.44. The lowest BCUT2D eigenvalue weighted by Gasteiger charge is -2.12. The summed E-state index contributed by atoms with van der Waals surface area (Å²) in [6.07, 6.45) is 0.398. The average molecular weight is 261 g/mol. The minimum absolute atomic E-state index is 0.0197. The highest BCUT2D eigenvalue weighted by molar-refractivity contribution is 6.52. The van der Waals surface area contributed by atoms with Crippen LogP contribution in [-0.4, -0.2) is 31.0 Å². The van der Waals surface area contributed by atoms with Crippen molar-refractivity contribution in [1.29, 1.82) is 0 Å². The van der Waals surface area contributed by atoms with Crippen LogP contribution in [0.15, 0.2) is 23.3 Å². The second-order valence-corrected chi connectivity index (χ2v) is 3.46. The molecule has 0 saturated heterocycles. The van der Waals surface area contributed by atoms with Crippen LogP contribution in [0.4, 0.5) is 16.2 Å². The summed E-state index contributed by atoms with van der Waals surface area (Å²) in [5.74, 6) is -1.81. The first-order valence-corrected chi connectivity index (χ1v) is 5.04. The lowest BCUT2D eigenvalue weighted by atomic mass is 10.1. The van der Waals surface area contributed by atoms with Crippen molar-refractivity contribution < 1.29 is 23.9 Å². The number of nitrogens with one attached hydrogen (secondary N) is 1. The van der Waals surface area contributed by atoms with Crippen molar-refractivity contribution in [2.24, 2.45) is 5.10 Å². The SMILES string of the molecule is COC(=O)Nc1cccc2c1N(N=C=O)C(=O)C2=O. The van der Waals surface area contributed by atoms with Crippen molar-refractivity contribution in [3.05, 3.63) is 23.8 Å². The van der Waals surface area contributed by atoms with Gasteiger partial charge in [-0.1, -0.05) is 11.2 Å². The van der Waals surface area contributed by atoms with Crippen LogP contribution in [-0.2, 0) is 14.3 Å². The first-order valence-electron chi connectivity index (χ1n) is 5.04. The molecule has 0 radical (unpaired) electrons. The van der Waals surface area contributed by atoms with Gasteiger partial charge in [-0.3, -0.25) is 14.9 Å². The number of para-hydroxylation sites is 1. The number of benzene rings is 1. The number of anilines is 2. The molecule has 0 aromatic heterocycles. The molecule has 8 nitrogen and oxygen atoms in total. The summed E-state index contributed by atoms with van der Waals surface area (Å²) in [4.78, 5) is 44.8. The molecular weight excluding hydrogens is 254 g/mol. The molecule has 0 fully saturated rings. The normalized spacial score (nSPS) is 12.8. The summed E-state index contributed by atoms with van der Waals surface area (Å²) in [6, 6.07) is 4.30. The van der Waals surface area contributed by atoms with Gasteiger partial charge >= 0.3 is 12.0 Å². The van der Waals surface area contributed by atoms with Crippen molar-refractivity contribution >= 4 is 35.2 Å². The maximum atomic E-state index is 11.7. The fraction of sp³-hybridized carbons (Fsp3) is 0.0909. The molecule has 1 aliphatic rings. The smallest absolute Gasteiger partial charge is 0.411 e. The lowest BCUT2D eigenvalue weighted by Crippen LogP contribution is -2.25. The summed E-state index contributed by atoms with van der Waals surface area (Å²) < 4.78 is 4.42. The number of hydrogen-bond acceptors (Lipinski definition) is 6. The molecule has 2 amide bonds. The standard InChI is InChI=1S/C11H7N3O5/c1-19-11(18)13-7-4-2-3-6-8(7)14(12-5-15)10(17)9(6)16/h2-4H,1H3,(H,13,18). The van der Waals surface area contributed by atoms with Crippen LogP contribution in [0, 0.1) is 0 Å². The van der Waals surface area contributed by atoms with E-state index in [4.69, 9.17) is 0 Å². The third kappa shape index (κ3) is 1.96. The van der Waals surface area contributed by atoms with Crippen molar-refractivity contribution in [2.45, 2.75) is 0 Å². The number of nitrogens with zero attached hydrogens (tertiary/aromatic N) is 2. The van der Waals surface area contributed by atoms with Gasteiger partial charge in [0.15, 0.2) is 0 Å². The molecule has 96 valence electrons. The van der Waals surface area contributed by atoms with E-state index >= 15 is 0 Å². The number of hydrogen-bond donors (Lipinski definition) is 1. The zero-order valence-corrected chi connectivity index (χ0v) is 9.67. The number of amides is 2. The van der Waals surface area contributed by atoms with E-state index in [-0.39, 0.29) is 16.9 Å². The molecule has 0 saturated carbocycles. The van der Waals surface area contributed by atoms with Gasteiger partial charge in [0.2, 0.25) is 0 Å². The van der Waals surface area contributed by atoms with Crippen LogP contribution in [0.1, 0.15) is 10.4 Å². The molecule has 1 heterocycles. The minimum atomic E-state index is -0.988. The predicted octanol–water partition coefficient (Wildman–Crippen LogP) is 0.645. The Labute approximate surface area is 106 Å². The lowest BCUT2D eigenvalue weighted by molar-refractivity contribution is -0.114. The van der Waals surface area contributed by atoms with E-state index < -0.39 is 17.8 Å². The van der Waals surface area contributed by atoms with E-state index in [1.807, 2.05) is 0 Å². The van der Waals surface area contributed by atoms with Gasteiger partial charge in [-0.15, -0.1) is 0 Å². The second kappa shape index (κ2) is 4.71. The summed E-state index contributed by atoms with van der Waals surface area (Å²) in [5.41, 5.74) is 0.187. The van der Waals surface area contributed by atoms with E-state index in [0.29, 0.717) is 5.01 Å².